The van der Waals surface area contributed by atoms with Crippen molar-refractivity contribution in [2.24, 2.45) is 4.99 Å². The van der Waals surface area contributed by atoms with Gasteiger partial charge in [-0.25, -0.2) is 0 Å². The van der Waals surface area contributed by atoms with Crippen molar-refractivity contribution in [3.63, 3.8) is 0 Å². The molecule has 0 radical (unpaired) electrons. The molecule has 7 heteroatoms. The third kappa shape index (κ3) is 2.70. The van der Waals surface area contributed by atoms with E-state index in [9.17, 15) is 4.79 Å². The van der Waals surface area contributed by atoms with E-state index >= 15 is 0 Å². The molecule has 21 heavy (non-hydrogen) atoms. The van der Waals surface area contributed by atoms with Gasteiger partial charge >= 0.3 is 0 Å². The Morgan fingerprint density at radius 2 is 2.33 bits per heavy atom. The van der Waals surface area contributed by atoms with Crippen LogP contribution in [0.15, 0.2) is 20.6 Å². The molecule has 6 nitrogen and oxygen atoms in total. The molecule has 0 unspecified atom stereocenters. The van der Waals surface area contributed by atoms with Gasteiger partial charge in [-0.15, -0.1) is 0 Å². The molecule has 0 bridgehead atoms. The third-order valence-electron chi connectivity index (χ3n) is 3.78. The highest BCUT2D eigenvalue weighted by Crippen LogP contribution is 2.31. The standard InChI is InChI=1S/C14H18N4O2S/c1-9-12(10(2)20-16-9)7-17(3)13(19)6-11-8-21-14-15-4-5-18(11)14/h8H,4-7H2,1-3H3. The van der Waals surface area contributed by atoms with Crippen LogP contribution < -0.4 is 0 Å². The molecule has 112 valence electrons. The normalized spacial score (nSPS) is 16.8. The van der Waals surface area contributed by atoms with Crippen molar-refractivity contribution in [3.05, 3.63) is 28.1 Å². The van der Waals surface area contributed by atoms with E-state index in [2.05, 4.69) is 15.0 Å². The van der Waals surface area contributed by atoms with Crippen molar-refractivity contribution in [1.29, 1.82) is 0 Å². The maximum atomic E-state index is 12.4. The van der Waals surface area contributed by atoms with Gasteiger partial charge in [0, 0.05) is 24.9 Å². The molecule has 0 saturated carbocycles. The van der Waals surface area contributed by atoms with Crippen LogP contribution in [0.3, 0.4) is 0 Å². The molecule has 1 aromatic heterocycles. The first kappa shape index (κ1) is 14.2. The highest BCUT2D eigenvalue weighted by Gasteiger charge is 2.28. The maximum Gasteiger partial charge on any atom is 0.228 e. The number of aliphatic imine (C=N–C) groups is 1. The Bertz CT molecular complexity index is 615. The van der Waals surface area contributed by atoms with Gasteiger partial charge in [-0.1, -0.05) is 16.9 Å². The van der Waals surface area contributed by atoms with Gasteiger partial charge in [-0.3, -0.25) is 9.79 Å². The van der Waals surface area contributed by atoms with E-state index in [1.165, 1.54) is 0 Å². The fourth-order valence-corrected chi connectivity index (χ4v) is 3.41. The molecule has 3 heterocycles. The number of carbonyl (C=O) groups is 1. The number of rotatable bonds is 4. The topological polar surface area (TPSA) is 61.9 Å². The average Bonchev–Trinajstić information content (AvgIpc) is 3.12. The van der Waals surface area contributed by atoms with Crippen LogP contribution in [0.25, 0.3) is 0 Å². The van der Waals surface area contributed by atoms with Crippen LogP contribution in [0.1, 0.15) is 23.4 Å². The summed E-state index contributed by atoms with van der Waals surface area (Å²) in [6.07, 6.45) is 0.409. The van der Waals surface area contributed by atoms with Crippen LogP contribution in [-0.4, -0.2) is 46.2 Å². The van der Waals surface area contributed by atoms with Crippen molar-refractivity contribution in [3.8, 4) is 0 Å². The van der Waals surface area contributed by atoms with E-state index in [0.29, 0.717) is 13.0 Å². The molecule has 1 amide bonds. The minimum Gasteiger partial charge on any atom is -0.361 e. The Kier molecular flexibility index (Phi) is 3.75. The average molecular weight is 306 g/mol. The number of aryl methyl sites for hydroxylation is 2. The van der Waals surface area contributed by atoms with Crippen LogP contribution >= 0.6 is 11.8 Å². The fraction of sp³-hybridized carbons (Fsp3) is 0.500. The molecule has 0 atom stereocenters. The second-order valence-electron chi connectivity index (χ2n) is 5.27. The third-order valence-corrected chi connectivity index (χ3v) is 4.73. The van der Waals surface area contributed by atoms with Gasteiger partial charge < -0.3 is 14.3 Å². The predicted molar refractivity (Wildman–Crippen MR) is 81.8 cm³/mol. The van der Waals surface area contributed by atoms with E-state index < -0.39 is 0 Å². The summed E-state index contributed by atoms with van der Waals surface area (Å²) >= 11 is 1.60. The molecular formula is C14H18N4O2S. The van der Waals surface area contributed by atoms with Gasteiger partial charge in [-0.2, -0.15) is 0 Å². The van der Waals surface area contributed by atoms with Crippen molar-refractivity contribution in [1.82, 2.24) is 15.0 Å². The van der Waals surface area contributed by atoms with Crippen molar-refractivity contribution in [2.75, 3.05) is 20.1 Å². The first-order valence-corrected chi connectivity index (χ1v) is 7.77. The van der Waals surface area contributed by atoms with E-state index in [-0.39, 0.29) is 5.91 Å². The van der Waals surface area contributed by atoms with Crippen molar-refractivity contribution < 1.29 is 9.32 Å². The number of amidine groups is 1. The van der Waals surface area contributed by atoms with E-state index in [1.54, 1.807) is 16.7 Å². The molecule has 0 aliphatic carbocycles. The number of hydrogen-bond acceptors (Lipinski definition) is 6. The quantitative estimate of drug-likeness (QED) is 0.850. The van der Waals surface area contributed by atoms with E-state index in [4.69, 9.17) is 4.52 Å². The summed E-state index contributed by atoms with van der Waals surface area (Å²) in [5.41, 5.74) is 2.88. The Balaban J connectivity index is 1.62. The number of hydrogen-bond donors (Lipinski definition) is 0. The summed E-state index contributed by atoms with van der Waals surface area (Å²) in [7, 11) is 1.82. The lowest BCUT2D eigenvalue weighted by molar-refractivity contribution is -0.129. The summed E-state index contributed by atoms with van der Waals surface area (Å²) in [6.45, 7) is 6.00. The molecule has 2 aliphatic rings. The van der Waals surface area contributed by atoms with Crippen LogP contribution in [0, 0.1) is 13.8 Å². The number of thioether (sulfide) groups is 1. The van der Waals surface area contributed by atoms with E-state index in [1.807, 2.05) is 26.3 Å². The van der Waals surface area contributed by atoms with Gasteiger partial charge in [0.2, 0.25) is 5.91 Å². The zero-order chi connectivity index (χ0) is 15.0. The molecule has 3 rings (SSSR count). The monoisotopic (exact) mass is 306 g/mol. The summed E-state index contributed by atoms with van der Waals surface area (Å²) < 4.78 is 5.14. The fourth-order valence-electron chi connectivity index (χ4n) is 2.46. The first-order chi connectivity index (χ1) is 10.1. The number of aromatic nitrogens is 1. The van der Waals surface area contributed by atoms with Gasteiger partial charge in [0.1, 0.15) is 5.76 Å². The Labute approximate surface area is 127 Å². The molecule has 0 saturated heterocycles. The molecule has 0 spiro atoms. The minimum absolute atomic E-state index is 0.0926. The lowest BCUT2D eigenvalue weighted by Gasteiger charge is -2.20. The lowest BCUT2D eigenvalue weighted by Crippen LogP contribution is -2.30. The number of nitrogens with zero attached hydrogens (tertiary/aromatic N) is 4. The number of fused-ring (bicyclic) bond motifs is 1. The largest absolute Gasteiger partial charge is 0.361 e. The molecule has 0 N–H and O–H groups in total. The zero-order valence-corrected chi connectivity index (χ0v) is 13.2. The second-order valence-corrected chi connectivity index (χ2v) is 6.11. The van der Waals surface area contributed by atoms with Gasteiger partial charge in [0.05, 0.1) is 25.2 Å². The number of amides is 1. The molecular weight excluding hydrogens is 288 g/mol. The minimum atomic E-state index is 0.0926. The predicted octanol–water partition coefficient (Wildman–Crippen LogP) is 1.90. The molecule has 0 aromatic carbocycles. The second kappa shape index (κ2) is 5.55. The van der Waals surface area contributed by atoms with Crippen molar-refractivity contribution >= 4 is 22.8 Å². The highest BCUT2D eigenvalue weighted by atomic mass is 32.2. The van der Waals surface area contributed by atoms with Crippen molar-refractivity contribution in [2.45, 2.75) is 26.8 Å². The van der Waals surface area contributed by atoms with Crippen LogP contribution in [-0.2, 0) is 11.3 Å². The van der Waals surface area contributed by atoms with Crippen LogP contribution in [0.4, 0.5) is 0 Å². The van der Waals surface area contributed by atoms with Gasteiger partial charge in [0.15, 0.2) is 5.17 Å². The summed E-state index contributed by atoms with van der Waals surface area (Å²) in [6, 6.07) is 0. The lowest BCUT2D eigenvalue weighted by atomic mass is 10.2. The number of carbonyl (C=O) groups excluding carboxylic acids is 1. The summed E-state index contributed by atoms with van der Waals surface area (Å²) in [5, 5.41) is 6.97. The van der Waals surface area contributed by atoms with Crippen LogP contribution in [0.2, 0.25) is 0 Å². The Morgan fingerprint density at radius 1 is 1.52 bits per heavy atom. The van der Waals surface area contributed by atoms with Gasteiger partial charge in [-0.05, 0) is 19.3 Å². The SMILES string of the molecule is Cc1noc(C)c1CN(C)C(=O)CC1=CSC2=NCCN12. The molecule has 0 fully saturated rings. The van der Waals surface area contributed by atoms with E-state index in [0.717, 1.165) is 41.0 Å². The Hall–Kier alpha value is -1.76. The highest BCUT2D eigenvalue weighted by molar-refractivity contribution is 8.16. The maximum absolute atomic E-state index is 12.4. The van der Waals surface area contributed by atoms with Gasteiger partial charge in [0.25, 0.3) is 0 Å². The summed E-state index contributed by atoms with van der Waals surface area (Å²) in [4.78, 5) is 20.6. The Morgan fingerprint density at radius 3 is 3.05 bits per heavy atom. The molecule has 2 aliphatic heterocycles. The summed E-state index contributed by atoms with van der Waals surface area (Å²) in [5.74, 6) is 0.867. The first-order valence-electron chi connectivity index (χ1n) is 6.89. The van der Waals surface area contributed by atoms with Crippen LogP contribution in [0.5, 0.6) is 0 Å². The smallest absolute Gasteiger partial charge is 0.228 e. The molecule has 1 aromatic rings. The zero-order valence-electron chi connectivity index (χ0n) is 12.4.